The van der Waals surface area contributed by atoms with Crippen LogP contribution in [0.1, 0.15) is 17.0 Å². The van der Waals surface area contributed by atoms with Crippen molar-refractivity contribution in [3.05, 3.63) is 62.1 Å². The van der Waals surface area contributed by atoms with E-state index in [-0.39, 0.29) is 11.2 Å². The molecule has 0 atom stereocenters. The van der Waals surface area contributed by atoms with Crippen molar-refractivity contribution in [3.8, 4) is 5.69 Å². The third kappa shape index (κ3) is 2.26. The maximum atomic E-state index is 12.9. The molecule has 0 unspecified atom stereocenters. The molecule has 28 heavy (non-hydrogen) atoms. The van der Waals surface area contributed by atoms with E-state index in [1.807, 2.05) is 0 Å². The Hall–Kier alpha value is -3.30. The quantitative estimate of drug-likeness (QED) is 0.500. The Kier molecular flexibility index (Phi) is 3.62. The lowest BCUT2D eigenvalue weighted by Gasteiger charge is -2.10. The lowest BCUT2D eigenvalue weighted by atomic mass is 10.2. The highest BCUT2D eigenvalue weighted by atomic mass is 19.4. The fourth-order valence-corrected chi connectivity index (χ4v) is 3.43. The van der Waals surface area contributed by atoms with Crippen LogP contribution in [0, 0.1) is 13.8 Å². The van der Waals surface area contributed by atoms with E-state index in [9.17, 15) is 22.8 Å². The van der Waals surface area contributed by atoms with Crippen LogP contribution in [-0.2, 0) is 20.3 Å². The highest BCUT2D eigenvalue weighted by molar-refractivity contribution is 5.77. The summed E-state index contributed by atoms with van der Waals surface area (Å²) in [6.45, 7) is 3.58. The molecule has 0 aliphatic rings. The number of nitrogens with zero attached hydrogens (tertiary/aromatic N) is 5. The molecule has 7 nitrogen and oxygen atoms in total. The van der Waals surface area contributed by atoms with Crippen LogP contribution >= 0.6 is 0 Å². The lowest BCUT2D eigenvalue weighted by Crippen LogP contribution is -2.37. The number of hydrogen-bond acceptors (Lipinski definition) is 3. The van der Waals surface area contributed by atoms with Gasteiger partial charge in [-0.15, -0.1) is 0 Å². The summed E-state index contributed by atoms with van der Waals surface area (Å²) in [5.74, 6) is 0.350. The molecule has 146 valence electrons. The fourth-order valence-electron chi connectivity index (χ4n) is 3.43. The molecule has 10 heteroatoms. The molecule has 0 amide bonds. The van der Waals surface area contributed by atoms with E-state index >= 15 is 0 Å². The van der Waals surface area contributed by atoms with Crippen molar-refractivity contribution in [1.82, 2.24) is 23.1 Å². The van der Waals surface area contributed by atoms with E-state index in [1.165, 1.54) is 30.8 Å². The first-order chi connectivity index (χ1) is 13.0. The maximum Gasteiger partial charge on any atom is 0.416 e. The zero-order chi connectivity index (χ0) is 20.5. The van der Waals surface area contributed by atoms with Gasteiger partial charge >= 0.3 is 11.9 Å². The summed E-state index contributed by atoms with van der Waals surface area (Å²) in [4.78, 5) is 29.4. The minimum atomic E-state index is -4.43. The van der Waals surface area contributed by atoms with Crippen LogP contribution in [0.2, 0.25) is 0 Å². The minimum absolute atomic E-state index is 0.215. The maximum absolute atomic E-state index is 12.9. The van der Waals surface area contributed by atoms with Crippen molar-refractivity contribution in [1.29, 1.82) is 0 Å². The van der Waals surface area contributed by atoms with Crippen LogP contribution < -0.4 is 11.2 Å². The van der Waals surface area contributed by atoms with Crippen LogP contribution in [0.5, 0.6) is 0 Å². The van der Waals surface area contributed by atoms with Crippen LogP contribution in [0.15, 0.2) is 33.9 Å². The van der Waals surface area contributed by atoms with Gasteiger partial charge in [-0.1, -0.05) is 0 Å². The van der Waals surface area contributed by atoms with E-state index in [2.05, 4.69) is 4.98 Å². The van der Waals surface area contributed by atoms with Gasteiger partial charge in [-0.3, -0.25) is 22.9 Å². The van der Waals surface area contributed by atoms with E-state index < -0.39 is 23.0 Å². The number of benzene rings is 1. The van der Waals surface area contributed by atoms with Gasteiger partial charge in [-0.2, -0.15) is 18.2 Å². The number of halogens is 3. The third-order valence-corrected chi connectivity index (χ3v) is 5.09. The molecular weight excluding hydrogens is 375 g/mol. The zero-order valence-corrected chi connectivity index (χ0v) is 15.5. The topological polar surface area (TPSA) is 66.2 Å². The molecule has 0 aliphatic heterocycles. The molecule has 0 fully saturated rings. The smallest absolute Gasteiger partial charge is 0.283 e. The number of imidazole rings is 2. The van der Waals surface area contributed by atoms with Gasteiger partial charge in [0.25, 0.3) is 5.56 Å². The normalized spacial score (nSPS) is 12.4. The summed E-state index contributed by atoms with van der Waals surface area (Å²) in [5.41, 5.74) is 0.609. The highest BCUT2D eigenvalue weighted by Gasteiger charge is 2.30. The monoisotopic (exact) mass is 391 g/mol. The molecule has 3 heterocycles. The Morgan fingerprint density at radius 2 is 1.54 bits per heavy atom. The zero-order valence-electron chi connectivity index (χ0n) is 15.5. The summed E-state index contributed by atoms with van der Waals surface area (Å²) in [7, 11) is 2.90. The van der Waals surface area contributed by atoms with E-state index in [0.717, 1.165) is 22.4 Å². The van der Waals surface area contributed by atoms with Crippen molar-refractivity contribution in [2.75, 3.05) is 0 Å². The molecule has 0 spiro atoms. The number of aromatic nitrogens is 5. The molecule has 0 radical (unpaired) electrons. The highest BCUT2D eigenvalue weighted by Crippen LogP contribution is 2.31. The Morgan fingerprint density at radius 3 is 2.11 bits per heavy atom. The first-order valence-corrected chi connectivity index (χ1v) is 8.37. The van der Waals surface area contributed by atoms with Gasteiger partial charge in [0.15, 0.2) is 11.2 Å². The average Bonchev–Trinajstić information content (AvgIpc) is 3.14. The Morgan fingerprint density at radius 1 is 0.929 bits per heavy atom. The number of alkyl halides is 3. The van der Waals surface area contributed by atoms with Crippen LogP contribution in [0.4, 0.5) is 13.2 Å². The molecule has 0 aliphatic carbocycles. The number of aryl methyl sites for hydroxylation is 2. The van der Waals surface area contributed by atoms with Gasteiger partial charge in [0.2, 0.25) is 5.78 Å². The number of fused-ring (bicyclic) bond motifs is 3. The van der Waals surface area contributed by atoms with Gasteiger partial charge in [-0.25, -0.2) is 4.79 Å². The van der Waals surface area contributed by atoms with Gasteiger partial charge in [0.05, 0.1) is 5.56 Å². The van der Waals surface area contributed by atoms with Crippen molar-refractivity contribution in [2.24, 2.45) is 14.1 Å². The fraction of sp³-hybridized carbons (Fsp3) is 0.278. The molecule has 1 aromatic carbocycles. The summed E-state index contributed by atoms with van der Waals surface area (Å²) in [5, 5.41) is 0. The molecule has 4 rings (SSSR count). The first kappa shape index (κ1) is 18.1. The SMILES string of the molecule is Cc1c(C)n2c3c(=O)n(C)c(=O)n(C)c3nc2n1-c1ccc(C(F)(F)F)cc1. The first-order valence-electron chi connectivity index (χ1n) is 8.37. The standard InChI is InChI=1S/C18H16F3N5O2/c1-9-10(2)26-13-14(23(3)17(28)24(4)15(13)27)22-16(26)25(9)12-7-5-11(6-8-12)18(19,20)21/h5-8H,1-4H3. The van der Waals surface area contributed by atoms with Crippen LogP contribution in [-0.4, -0.2) is 23.1 Å². The second-order valence-corrected chi connectivity index (χ2v) is 6.68. The average molecular weight is 391 g/mol. The lowest BCUT2D eigenvalue weighted by molar-refractivity contribution is -0.137. The van der Waals surface area contributed by atoms with E-state index in [0.29, 0.717) is 17.2 Å². The van der Waals surface area contributed by atoms with Crippen LogP contribution in [0.25, 0.3) is 22.6 Å². The molecule has 0 bridgehead atoms. The predicted molar refractivity (Wildman–Crippen MR) is 97.0 cm³/mol. The summed E-state index contributed by atoms with van der Waals surface area (Å²) in [6.07, 6.45) is -4.43. The van der Waals surface area contributed by atoms with Crippen LogP contribution in [0.3, 0.4) is 0 Å². The molecule has 4 aromatic rings. The molecule has 0 saturated heterocycles. The molecule has 3 aromatic heterocycles. The summed E-state index contributed by atoms with van der Waals surface area (Å²) >= 11 is 0. The molecule has 0 saturated carbocycles. The molecule has 0 N–H and O–H groups in total. The predicted octanol–water partition coefficient (Wildman–Crippen LogP) is 2.31. The Balaban J connectivity index is 2.10. The Bertz CT molecular complexity index is 1370. The molecular formula is C18H16F3N5O2. The number of hydrogen-bond donors (Lipinski definition) is 0. The second-order valence-electron chi connectivity index (χ2n) is 6.68. The summed E-state index contributed by atoms with van der Waals surface area (Å²) < 4.78 is 44.2. The van der Waals surface area contributed by atoms with Gasteiger partial charge in [-0.05, 0) is 38.1 Å². The summed E-state index contributed by atoms with van der Waals surface area (Å²) in [6, 6.07) is 4.70. The van der Waals surface area contributed by atoms with Gasteiger partial charge in [0, 0.05) is 31.2 Å². The third-order valence-electron chi connectivity index (χ3n) is 5.09. The largest absolute Gasteiger partial charge is 0.416 e. The number of rotatable bonds is 1. The van der Waals surface area contributed by atoms with Crippen molar-refractivity contribution in [3.63, 3.8) is 0 Å². The van der Waals surface area contributed by atoms with Crippen molar-refractivity contribution >= 4 is 16.9 Å². The van der Waals surface area contributed by atoms with Crippen molar-refractivity contribution < 1.29 is 13.2 Å². The Labute approximate surface area is 155 Å². The van der Waals surface area contributed by atoms with E-state index in [1.54, 1.807) is 22.8 Å². The minimum Gasteiger partial charge on any atom is -0.283 e. The van der Waals surface area contributed by atoms with Crippen molar-refractivity contribution in [2.45, 2.75) is 20.0 Å². The van der Waals surface area contributed by atoms with Gasteiger partial charge < -0.3 is 0 Å². The van der Waals surface area contributed by atoms with Gasteiger partial charge in [0.1, 0.15) is 0 Å². The van der Waals surface area contributed by atoms with E-state index in [4.69, 9.17) is 0 Å². The second kappa shape index (κ2) is 5.60.